The van der Waals surface area contributed by atoms with Gasteiger partial charge in [0.2, 0.25) is 0 Å². The van der Waals surface area contributed by atoms with Gasteiger partial charge in [0.15, 0.2) is 17.5 Å². The quantitative estimate of drug-likeness (QED) is 0.162. The Bertz CT molecular complexity index is 4430. The van der Waals surface area contributed by atoms with Crippen LogP contribution in [0, 0.1) is 0 Å². The van der Waals surface area contributed by atoms with Gasteiger partial charge in [-0.3, -0.25) is 0 Å². The van der Waals surface area contributed by atoms with Crippen LogP contribution in [0.1, 0.15) is 0 Å². The Kier molecular flexibility index (Phi) is 8.49. The summed E-state index contributed by atoms with van der Waals surface area (Å²) in [4.78, 5) is 16.8. The summed E-state index contributed by atoms with van der Waals surface area (Å²) >= 11 is 1.85. The van der Waals surface area contributed by atoms with E-state index in [1.165, 1.54) is 41.7 Å². The average Bonchev–Trinajstić information content (AvgIpc) is 3.96. The summed E-state index contributed by atoms with van der Waals surface area (Å²) in [6.07, 6.45) is 0. The molecule has 0 fully saturated rings. The van der Waals surface area contributed by atoms with E-state index in [4.69, 9.17) is 15.0 Å². The zero-order valence-corrected chi connectivity index (χ0v) is 38.5. The smallest absolute Gasteiger partial charge is 0.165 e. The molecule has 70 heavy (non-hydrogen) atoms. The molecule has 0 spiro atoms. The molecule has 0 aliphatic heterocycles. The molecule has 15 rings (SSSR count). The minimum atomic E-state index is 0.610. The Morgan fingerprint density at radius 1 is 0.300 bits per heavy atom. The van der Waals surface area contributed by atoms with E-state index in [1.807, 2.05) is 11.3 Å². The topological polar surface area (TPSA) is 43.6 Å². The van der Waals surface area contributed by atoms with E-state index in [-0.39, 0.29) is 0 Å². The van der Waals surface area contributed by atoms with Crippen molar-refractivity contribution in [2.24, 2.45) is 0 Å². The Hall–Kier alpha value is -9.03. The highest BCUT2D eigenvalue weighted by atomic mass is 32.1. The van der Waals surface area contributed by atoms with E-state index in [0.29, 0.717) is 17.5 Å². The minimum absolute atomic E-state index is 0.610. The average molecular weight is 907 g/mol. The highest BCUT2D eigenvalue weighted by Crippen LogP contribution is 2.46. The van der Waals surface area contributed by atoms with Crippen molar-refractivity contribution in [1.29, 1.82) is 0 Å². The zero-order valence-electron chi connectivity index (χ0n) is 37.6. The van der Waals surface area contributed by atoms with Crippen LogP contribution in [0.3, 0.4) is 0 Å². The van der Waals surface area contributed by atoms with Gasteiger partial charge in [-0.25, -0.2) is 15.0 Å². The predicted molar refractivity (Wildman–Crippen MR) is 296 cm³/mol. The molecule has 0 unspecified atom stereocenters. The molecule has 0 aliphatic rings. The van der Waals surface area contributed by atoms with Crippen molar-refractivity contribution >= 4 is 107 Å². The number of nitrogens with zero attached hydrogens (tertiary/aromatic N) is 4. The van der Waals surface area contributed by atoms with E-state index in [2.05, 4.69) is 235 Å². The number of hydrogen-bond acceptors (Lipinski definition) is 4. The lowest BCUT2D eigenvalue weighted by molar-refractivity contribution is 1.08. The summed E-state index contributed by atoms with van der Waals surface area (Å²) in [5.41, 5.74) is 8.55. The number of fused-ring (bicyclic) bond motifs is 11. The lowest BCUT2D eigenvalue weighted by atomic mass is 9.95. The van der Waals surface area contributed by atoms with E-state index in [9.17, 15) is 0 Å². The fraction of sp³-hybridized carbons (Fsp3) is 0. The Morgan fingerprint density at radius 2 is 0.786 bits per heavy atom. The van der Waals surface area contributed by atoms with Gasteiger partial charge >= 0.3 is 0 Å². The largest absolute Gasteiger partial charge is 0.309 e. The van der Waals surface area contributed by atoms with Crippen LogP contribution in [0.5, 0.6) is 0 Å². The monoisotopic (exact) mass is 906 g/mol. The van der Waals surface area contributed by atoms with Crippen molar-refractivity contribution in [2.45, 2.75) is 0 Å². The van der Waals surface area contributed by atoms with Gasteiger partial charge in [0, 0.05) is 58.8 Å². The van der Waals surface area contributed by atoms with Crippen LogP contribution in [0.2, 0.25) is 0 Å². The molecule has 3 aromatic heterocycles. The summed E-state index contributed by atoms with van der Waals surface area (Å²) in [5.74, 6) is 1.88. The van der Waals surface area contributed by atoms with Crippen molar-refractivity contribution in [3.05, 3.63) is 231 Å². The lowest BCUT2D eigenvalue weighted by Crippen LogP contribution is -2.03. The van der Waals surface area contributed by atoms with Gasteiger partial charge in [-0.15, -0.1) is 11.3 Å². The summed E-state index contributed by atoms with van der Waals surface area (Å²) in [7, 11) is 0. The van der Waals surface area contributed by atoms with Crippen LogP contribution < -0.4 is 0 Å². The zero-order chi connectivity index (χ0) is 45.9. The second-order valence-electron chi connectivity index (χ2n) is 18.3. The molecule has 0 radical (unpaired) electrons. The molecule has 15 aromatic rings. The van der Waals surface area contributed by atoms with Crippen LogP contribution in [0.4, 0.5) is 0 Å². The molecule has 5 heteroatoms. The molecule has 0 aliphatic carbocycles. The maximum Gasteiger partial charge on any atom is 0.165 e. The molecule has 0 amide bonds. The summed E-state index contributed by atoms with van der Waals surface area (Å²) in [6, 6.07) is 83.5. The van der Waals surface area contributed by atoms with Crippen LogP contribution in [0.15, 0.2) is 231 Å². The number of benzene rings is 12. The predicted octanol–water partition coefficient (Wildman–Crippen LogP) is 17.8. The second-order valence-corrected chi connectivity index (χ2v) is 19.3. The van der Waals surface area contributed by atoms with E-state index < -0.39 is 0 Å². The standard InChI is InChI=1S/C65H38N4S/c1-2-17-40-38-58-54(36-39(40)16-1)50-26-11-13-30-56(50)69(58)57-33-32-45(37-55(57)53-29-15-28-52-51-27-12-14-31-59(51)70-62(52)53)63-66-64(60-46-22-7-3-18-41(46)34-42-19-4-8-23-47(42)60)68-65(67-63)61-48-24-9-5-20-43(48)35-44-21-6-10-25-49(44)61/h1-38H. The Balaban J connectivity index is 1.07. The first-order valence-corrected chi connectivity index (χ1v) is 24.6. The van der Waals surface area contributed by atoms with Gasteiger partial charge in [0.25, 0.3) is 0 Å². The summed E-state index contributed by atoms with van der Waals surface area (Å²) < 4.78 is 4.98. The normalized spacial score (nSPS) is 12.0. The fourth-order valence-electron chi connectivity index (χ4n) is 11.2. The molecule has 12 aromatic carbocycles. The van der Waals surface area contributed by atoms with E-state index >= 15 is 0 Å². The van der Waals surface area contributed by atoms with Gasteiger partial charge in [-0.05, 0) is 108 Å². The highest BCUT2D eigenvalue weighted by molar-refractivity contribution is 7.26. The molecule has 4 nitrogen and oxygen atoms in total. The van der Waals surface area contributed by atoms with Gasteiger partial charge in [-0.2, -0.15) is 0 Å². The third-order valence-corrected chi connectivity index (χ3v) is 15.6. The second kappa shape index (κ2) is 15.2. The van der Waals surface area contributed by atoms with Crippen LogP contribution in [0.25, 0.3) is 147 Å². The highest BCUT2D eigenvalue weighted by Gasteiger charge is 2.23. The molecule has 0 bridgehead atoms. The number of thiophene rings is 1. The number of aromatic nitrogens is 4. The molecule has 0 saturated carbocycles. The van der Waals surface area contributed by atoms with Crippen molar-refractivity contribution in [1.82, 2.24) is 19.5 Å². The molecular formula is C65H38N4S. The number of para-hydroxylation sites is 1. The first-order chi connectivity index (χ1) is 34.7. The molecular weight excluding hydrogens is 869 g/mol. The van der Waals surface area contributed by atoms with E-state index in [1.54, 1.807) is 0 Å². The van der Waals surface area contributed by atoms with Crippen molar-refractivity contribution in [3.8, 4) is 51.0 Å². The fourth-order valence-corrected chi connectivity index (χ4v) is 12.4. The first kappa shape index (κ1) is 39.0. The third kappa shape index (κ3) is 5.92. The SMILES string of the molecule is c1ccc2cc3c(cc2c1)c1ccccc1n3-c1ccc(-c2nc(-c3c4ccccc4cc4ccccc34)nc(-c3c4ccccc4cc4ccccc34)n2)cc1-c1cccc2c1sc1ccccc12. The molecule has 324 valence electrons. The van der Waals surface area contributed by atoms with Crippen molar-refractivity contribution < 1.29 is 0 Å². The van der Waals surface area contributed by atoms with Gasteiger partial charge in [0.1, 0.15) is 0 Å². The maximum absolute atomic E-state index is 5.59. The number of hydrogen-bond donors (Lipinski definition) is 0. The van der Waals surface area contributed by atoms with Gasteiger partial charge in [0.05, 0.1) is 16.7 Å². The van der Waals surface area contributed by atoms with Crippen molar-refractivity contribution in [3.63, 3.8) is 0 Å². The molecule has 0 N–H and O–H groups in total. The van der Waals surface area contributed by atoms with Gasteiger partial charge < -0.3 is 4.57 Å². The third-order valence-electron chi connectivity index (χ3n) is 14.4. The van der Waals surface area contributed by atoms with Crippen LogP contribution in [-0.2, 0) is 0 Å². The number of rotatable bonds is 5. The van der Waals surface area contributed by atoms with E-state index in [0.717, 1.165) is 87.6 Å². The van der Waals surface area contributed by atoms with Crippen LogP contribution >= 0.6 is 11.3 Å². The molecule has 0 atom stereocenters. The van der Waals surface area contributed by atoms with Crippen molar-refractivity contribution in [2.75, 3.05) is 0 Å². The minimum Gasteiger partial charge on any atom is -0.309 e. The van der Waals surface area contributed by atoms with Gasteiger partial charge in [-0.1, -0.05) is 176 Å². The molecule has 0 saturated heterocycles. The Morgan fingerprint density at radius 3 is 1.40 bits per heavy atom. The first-order valence-electron chi connectivity index (χ1n) is 23.8. The lowest BCUT2D eigenvalue weighted by Gasteiger charge is -2.18. The molecule has 3 heterocycles. The summed E-state index contributed by atoms with van der Waals surface area (Å²) in [5, 5.41) is 16.3. The Labute approximate surface area is 406 Å². The van der Waals surface area contributed by atoms with Crippen LogP contribution in [-0.4, -0.2) is 19.5 Å². The summed E-state index contributed by atoms with van der Waals surface area (Å²) in [6.45, 7) is 0. The maximum atomic E-state index is 5.59.